The maximum atomic E-state index is 12.1. The molecule has 0 radical (unpaired) electrons. The largest absolute Gasteiger partial charge is 0.497 e. The van der Waals surface area contributed by atoms with Crippen LogP contribution in [0, 0.1) is 0 Å². The summed E-state index contributed by atoms with van der Waals surface area (Å²) >= 11 is 0. The van der Waals surface area contributed by atoms with Gasteiger partial charge in [0.2, 0.25) is 6.79 Å². The molecule has 0 saturated carbocycles. The summed E-state index contributed by atoms with van der Waals surface area (Å²) in [6, 6.07) is 11.9. The lowest BCUT2D eigenvalue weighted by molar-refractivity contribution is -0.124. The lowest BCUT2D eigenvalue weighted by Gasteiger charge is -2.15. The maximum absolute atomic E-state index is 12.1. The summed E-state index contributed by atoms with van der Waals surface area (Å²) in [7, 11) is 1.59. The summed E-state index contributed by atoms with van der Waals surface area (Å²) in [6.45, 7) is 1.60. The van der Waals surface area contributed by atoms with Gasteiger partial charge in [-0.2, -0.15) is 0 Å². The highest BCUT2D eigenvalue weighted by Gasteiger charge is 2.18. The van der Waals surface area contributed by atoms with Crippen LogP contribution in [0.3, 0.4) is 0 Å². The first kappa shape index (κ1) is 17.6. The summed E-state index contributed by atoms with van der Waals surface area (Å²) in [6.07, 6.45) is 0. The molecule has 7 nitrogen and oxygen atoms in total. The highest BCUT2D eigenvalue weighted by molar-refractivity contribution is 5.92. The molecule has 0 fully saturated rings. The average Bonchev–Trinajstić information content (AvgIpc) is 3.13. The highest BCUT2D eigenvalue weighted by Crippen LogP contribution is 2.32. The Morgan fingerprint density at radius 2 is 1.85 bits per heavy atom. The fourth-order valence-corrected chi connectivity index (χ4v) is 2.50. The van der Waals surface area contributed by atoms with Crippen LogP contribution >= 0.6 is 0 Å². The van der Waals surface area contributed by atoms with Crippen molar-refractivity contribution in [1.82, 2.24) is 5.32 Å². The number of amides is 1. The number of esters is 1. The van der Waals surface area contributed by atoms with Crippen LogP contribution in [-0.4, -0.2) is 32.4 Å². The van der Waals surface area contributed by atoms with Crippen LogP contribution in [0.2, 0.25) is 0 Å². The summed E-state index contributed by atoms with van der Waals surface area (Å²) < 4.78 is 20.6. The number of benzene rings is 2. The van der Waals surface area contributed by atoms with Crippen LogP contribution in [0.25, 0.3) is 0 Å². The van der Waals surface area contributed by atoms with E-state index in [9.17, 15) is 9.59 Å². The minimum atomic E-state index is -0.601. The van der Waals surface area contributed by atoms with Crippen molar-refractivity contribution in [3.05, 3.63) is 53.6 Å². The van der Waals surface area contributed by atoms with E-state index in [-0.39, 0.29) is 25.3 Å². The van der Waals surface area contributed by atoms with Crippen molar-refractivity contribution in [2.75, 3.05) is 20.5 Å². The van der Waals surface area contributed by atoms with Crippen LogP contribution < -0.4 is 19.5 Å². The molecule has 1 amide bonds. The van der Waals surface area contributed by atoms with E-state index < -0.39 is 5.97 Å². The van der Waals surface area contributed by atoms with Gasteiger partial charge in [0.05, 0.1) is 18.7 Å². The van der Waals surface area contributed by atoms with Gasteiger partial charge in [0.15, 0.2) is 18.1 Å². The predicted molar refractivity (Wildman–Crippen MR) is 92.4 cm³/mol. The molecule has 26 heavy (non-hydrogen) atoms. The second-order valence-corrected chi connectivity index (χ2v) is 5.71. The van der Waals surface area contributed by atoms with E-state index in [1.165, 1.54) is 6.07 Å². The molecule has 0 aliphatic carbocycles. The fraction of sp³-hybridized carbons (Fsp3) is 0.263. The Labute approximate surface area is 150 Å². The molecule has 2 aromatic rings. The van der Waals surface area contributed by atoms with Gasteiger partial charge in [0, 0.05) is 0 Å². The van der Waals surface area contributed by atoms with Gasteiger partial charge in [0.25, 0.3) is 5.91 Å². The molecule has 0 aromatic heterocycles. The summed E-state index contributed by atoms with van der Waals surface area (Å²) in [5.41, 5.74) is 1.21. The average molecular weight is 357 g/mol. The van der Waals surface area contributed by atoms with Crippen LogP contribution in [-0.2, 0) is 9.53 Å². The van der Waals surface area contributed by atoms with E-state index in [1.807, 2.05) is 31.2 Å². The van der Waals surface area contributed by atoms with Crippen LogP contribution in [0.15, 0.2) is 42.5 Å². The van der Waals surface area contributed by atoms with Gasteiger partial charge in [-0.05, 0) is 42.8 Å². The lowest BCUT2D eigenvalue weighted by atomic mass is 10.1. The minimum absolute atomic E-state index is 0.124. The summed E-state index contributed by atoms with van der Waals surface area (Å²) in [4.78, 5) is 24.1. The molecule has 1 N–H and O–H groups in total. The Kier molecular flexibility index (Phi) is 5.26. The van der Waals surface area contributed by atoms with Gasteiger partial charge in [-0.25, -0.2) is 4.79 Å². The molecule has 2 aromatic carbocycles. The minimum Gasteiger partial charge on any atom is -0.497 e. The van der Waals surface area contributed by atoms with Gasteiger partial charge in [0.1, 0.15) is 5.75 Å². The van der Waals surface area contributed by atoms with Gasteiger partial charge >= 0.3 is 5.97 Å². The molecule has 3 rings (SSSR count). The van der Waals surface area contributed by atoms with Crippen molar-refractivity contribution in [2.24, 2.45) is 0 Å². The molecular weight excluding hydrogens is 338 g/mol. The standard InChI is InChI=1S/C19H19NO6/c1-12(13-3-6-15(23-2)7-4-13)20-18(21)10-24-19(22)14-5-8-16-17(9-14)26-11-25-16/h3-9,12H,10-11H2,1-2H3,(H,20,21)/t12-/m0/s1. The van der Waals surface area contributed by atoms with Crippen molar-refractivity contribution < 1.29 is 28.5 Å². The summed E-state index contributed by atoms with van der Waals surface area (Å²) in [5, 5.41) is 2.78. The van der Waals surface area contributed by atoms with Crippen molar-refractivity contribution in [3.63, 3.8) is 0 Å². The highest BCUT2D eigenvalue weighted by atomic mass is 16.7. The van der Waals surface area contributed by atoms with Crippen LogP contribution in [0.4, 0.5) is 0 Å². The third-order valence-electron chi connectivity index (χ3n) is 3.94. The second kappa shape index (κ2) is 7.77. The molecular formula is C19H19NO6. The zero-order chi connectivity index (χ0) is 18.5. The van der Waals surface area contributed by atoms with E-state index in [0.717, 1.165) is 11.3 Å². The van der Waals surface area contributed by atoms with Crippen LogP contribution in [0.5, 0.6) is 17.2 Å². The SMILES string of the molecule is COc1ccc([C@H](C)NC(=O)COC(=O)c2ccc3c(c2)OCO3)cc1. The van der Waals surface area contributed by atoms with Crippen molar-refractivity contribution in [3.8, 4) is 17.2 Å². The number of rotatable bonds is 6. The molecule has 0 spiro atoms. The number of methoxy groups -OCH3 is 1. The topological polar surface area (TPSA) is 83.1 Å². The molecule has 1 atom stereocenters. The quantitative estimate of drug-likeness (QED) is 0.800. The van der Waals surface area contributed by atoms with E-state index in [2.05, 4.69) is 5.32 Å². The monoisotopic (exact) mass is 357 g/mol. The molecule has 7 heteroatoms. The van der Waals surface area contributed by atoms with Crippen molar-refractivity contribution in [1.29, 1.82) is 0 Å². The Morgan fingerprint density at radius 3 is 2.58 bits per heavy atom. The number of carbonyl (C=O) groups is 2. The van der Waals surface area contributed by atoms with Crippen molar-refractivity contribution >= 4 is 11.9 Å². The Bertz CT molecular complexity index is 802. The van der Waals surface area contributed by atoms with Gasteiger partial charge in [-0.1, -0.05) is 12.1 Å². The first-order valence-corrected chi connectivity index (χ1v) is 8.07. The number of ether oxygens (including phenoxy) is 4. The number of carbonyl (C=O) groups excluding carboxylic acids is 2. The number of fused-ring (bicyclic) bond motifs is 1. The van der Waals surface area contributed by atoms with Gasteiger partial charge < -0.3 is 24.3 Å². The smallest absolute Gasteiger partial charge is 0.338 e. The molecule has 1 aliphatic heterocycles. The molecule has 0 saturated heterocycles. The first-order chi connectivity index (χ1) is 12.6. The molecule has 0 unspecified atom stereocenters. The van der Waals surface area contributed by atoms with Gasteiger partial charge in [-0.15, -0.1) is 0 Å². The Balaban J connectivity index is 1.50. The van der Waals surface area contributed by atoms with Crippen LogP contribution in [0.1, 0.15) is 28.9 Å². The zero-order valence-corrected chi connectivity index (χ0v) is 14.5. The zero-order valence-electron chi connectivity index (χ0n) is 14.5. The fourth-order valence-electron chi connectivity index (χ4n) is 2.50. The second-order valence-electron chi connectivity index (χ2n) is 5.71. The first-order valence-electron chi connectivity index (χ1n) is 8.07. The third-order valence-corrected chi connectivity index (χ3v) is 3.94. The number of hydrogen-bond donors (Lipinski definition) is 1. The molecule has 136 valence electrons. The van der Waals surface area contributed by atoms with Crippen molar-refractivity contribution in [2.45, 2.75) is 13.0 Å². The molecule has 1 aliphatic rings. The van der Waals surface area contributed by atoms with E-state index in [0.29, 0.717) is 17.1 Å². The normalized spacial score (nSPS) is 13.0. The van der Waals surface area contributed by atoms with Gasteiger partial charge in [-0.3, -0.25) is 4.79 Å². The number of nitrogens with one attached hydrogen (secondary N) is 1. The summed E-state index contributed by atoms with van der Waals surface area (Å²) in [5.74, 6) is 0.813. The van der Waals surface area contributed by atoms with E-state index >= 15 is 0 Å². The lowest BCUT2D eigenvalue weighted by Crippen LogP contribution is -2.31. The predicted octanol–water partition coefficient (Wildman–Crippen LogP) is 2.46. The molecule has 0 bridgehead atoms. The van der Waals surface area contributed by atoms with E-state index in [1.54, 1.807) is 19.2 Å². The number of hydrogen-bond acceptors (Lipinski definition) is 6. The Hall–Kier alpha value is -3.22. The van der Waals surface area contributed by atoms with E-state index in [4.69, 9.17) is 18.9 Å². The maximum Gasteiger partial charge on any atom is 0.338 e. The molecule has 1 heterocycles. The Morgan fingerprint density at radius 1 is 1.12 bits per heavy atom. The third kappa shape index (κ3) is 4.05.